The summed E-state index contributed by atoms with van der Waals surface area (Å²) >= 11 is 0. The molecule has 2 atom stereocenters. The highest BCUT2D eigenvalue weighted by Crippen LogP contribution is 2.34. The van der Waals surface area contributed by atoms with Crippen molar-refractivity contribution in [1.29, 1.82) is 0 Å². The van der Waals surface area contributed by atoms with E-state index in [4.69, 9.17) is 5.73 Å². The van der Waals surface area contributed by atoms with Gasteiger partial charge in [0.25, 0.3) is 0 Å². The van der Waals surface area contributed by atoms with Crippen LogP contribution in [-0.2, 0) is 6.42 Å². The zero-order valence-electron chi connectivity index (χ0n) is 8.25. The van der Waals surface area contributed by atoms with Crippen molar-refractivity contribution in [3.05, 3.63) is 23.4 Å². The van der Waals surface area contributed by atoms with Crippen molar-refractivity contribution in [3.8, 4) is 0 Å². The van der Waals surface area contributed by atoms with Crippen LogP contribution in [0.4, 0.5) is 5.82 Å². The summed E-state index contributed by atoms with van der Waals surface area (Å²) in [6.45, 7) is 4.57. The van der Waals surface area contributed by atoms with E-state index in [1.807, 2.05) is 12.3 Å². The van der Waals surface area contributed by atoms with Crippen LogP contribution in [0.3, 0.4) is 0 Å². The third-order valence-corrected chi connectivity index (χ3v) is 2.90. The van der Waals surface area contributed by atoms with E-state index in [1.165, 1.54) is 17.5 Å². The van der Waals surface area contributed by atoms with Crippen molar-refractivity contribution in [1.82, 2.24) is 4.98 Å². The Balaban J connectivity index is 2.43. The number of rotatable bonds is 0. The van der Waals surface area contributed by atoms with E-state index in [1.54, 1.807) is 0 Å². The van der Waals surface area contributed by atoms with Crippen LogP contribution in [-0.4, -0.2) is 4.98 Å². The lowest BCUT2D eigenvalue weighted by molar-refractivity contribution is 0.449. The molecule has 0 fully saturated rings. The maximum absolute atomic E-state index is 5.66. The molecule has 0 amide bonds. The van der Waals surface area contributed by atoms with E-state index in [-0.39, 0.29) is 0 Å². The second-order valence-electron chi connectivity index (χ2n) is 4.25. The standard InChI is InChI=1S/C11H16N2/c1-7-3-8(2)10-6-13-11(12)5-9(10)4-7/h5-8H,3-4H2,1-2H3,(H2,12,13). The molecule has 2 N–H and O–H groups in total. The average molecular weight is 176 g/mol. The maximum atomic E-state index is 5.66. The summed E-state index contributed by atoms with van der Waals surface area (Å²) < 4.78 is 0. The topological polar surface area (TPSA) is 38.9 Å². The molecule has 1 aliphatic rings. The number of fused-ring (bicyclic) bond motifs is 1. The summed E-state index contributed by atoms with van der Waals surface area (Å²) in [6, 6.07) is 2.03. The fourth-order valence-electron chi connectivity index (χ4n) is 2.34. The summed E-state index contributed by atoms with van der Waals surface area (Å²) in [5.74, 6) is 2.08. The molecule has 1 aromatic rings. The molecule has 70 valence electrons. The molecule has 2 nitrogen and oxygen atoms in total. The van der Waals surface area contributed by atoms with Crippen molar-refractivity contribution in [3.63, 3.8) is 0 Å². The molecule has 2 unspecified atom stereocenters. The minimum atomic E-state index is 0.645. The Morgan fingerprint density at radius 2 is 2.23 bits per heavy atom. The molecule has 0 spiro atoms. The predicted octanol–water partition coefficient (Wildman–Crippen LogP) is 2.35. The molecule has 1 aliphatic carbocycles. The zero-order valence-corrected chi connectivity index (χ0v) is 8.25. The summed E-state index contributed by atoms with van der Waals surface area (Å²) in [5.41, 5.74) is 8.46. The Bertz CT molecular complexity index is 320. The van der Waals surface area contributed by atoms with Crippen LogP contribution < -0.4 is 5.73 Å². The van der Waals surface area contributed by atoms with Crippen molar-refractivity contribution < 1.29 is 0 Å². The molecule has 0 saturated heterocycles. The minimum absolute atomic E-state index is 0.645. The van der Waals surface area contributed by atoms with Crippen LogP contribution in [0, 0.1) is 5.92 Å². The van der Waals surface area contributed by atoms with E-state index < -0.39 is 0 Å². The van der Waals surface area contributed by atoms with Gasteiger partial charge in [-0.05, 0) is 41.9 Å². The van der Waals surface area contributed by atoms with Gasteiger partial charge in [-0.3, -0.25) is 0 Å². The lowest BCUT2D eigenvalue weighted by atomic mass is 9.79. The number of nitrogen functional groups attached to an aromatic ring is 1. The van der Waals surface area contributed by atoms with Crippen LogP contribution in [0.25, 0.3) is 0 Å². The minimum Gasteiger partial charge on any atom is -0.384 e. The van der Waals surface area contributed by atoms with Gasteiger partial charge in [0.05, 0.1) is 0 Å². The van der Waals surface area contributed by atoms with Gasteiger partial charge in [-0.15, -0.1) is 0 Å². The second-order valence-corrected chi connectivity index (χ2v) is 4.25. The Hall–Kier alpha value is -1.05. The first-order valence-corrected chi connectivity index (χ1v) is 4.91. The van der Waals surface area contributed by atoms with Crippen molar-refractivity contribution in [2.75, 3.05) is 5.73 Å². The maximum Gasteiger partial charge on any atom is 0.123 e. The molecule has 0 aliphatic heterocycles. The lowest BCUT2D eigenvalue weighted by Crippen LogP contribution is -2.15. The molecule has 2 heteroatoms. The third kappa shape index (κ3) is 1.53. The number of nitrogens with zero attached hydrogens (tertiary/aromatic N) is 1. The van der Waals surface area contributed by atoms with Gasteiger partial charge in [0.15, 0.2) is 0 Å². The number of hydrogen-bond donors (Lipinski definition) is 1. The van der Waals surface area contributed by atoms with Crippen LogP contribution in [0.2, 0.25) is 0 Å². The first kappa shape index (κ1) is 8.54. The number of nitrogens with two attached hydrogens (primary N) is 1. The van der Waals surface area contributed by atoms with Crippen LogP contribution in [0.15, 0.2) is 12.3 Å². The molecular formula is C11H16N2. The van der Waals surface area contributed by atoms with Gasteiger partial charge in [-0.2, -0.15) is 0 Å². The highest BCUT2D eigenvalue weighted by molar-refractivity contribution is 5.40. The smallest absolute Gasteiger partial charge is 0.123 e. The Morgan fingerprint density at radius 1 is 1.46 bits per heavy atom. The summed E-state index contributed by atoms with van der Waals surface area (Å²) in [7, 11) is 0. The van der Waals surface area contributed by atoms with Crippen LogP contribution in [0.5, 0.6) is 0 Å². The number of anilines is 1. The van der Waals surface area contributed by atoms with E-state index in [2.05, 4.69) is 18.8 Å². The van der Waals surface area contributed by atoms with E-state index >= 15 is 0 Å². The van der Waals surface area contributed by atoms with Gasteiger partial charge in [-0.1, -0.05) is 13.8 Å². The molecule has 1 heterocycles. The quantitative estimate of drug-likeness (QED) is 0.659. The Kier molecular flexibility index (Phi) is 1.98. The first-order chi connectivity index (χ1) is 6.16. The summed E-state index contributed by atoms with van der Waals surface area (Å²) in [6.07, 6.45) is 4.38. The van der Waals surface area contributed by atoms with Crippen molar-refractivity contribution >= 4 is 5.82 Å². The molecular weight excluding hydrogens is 160 g/mol. The number of hydrogen-bond acceptors (Lipinski definition) is 2. The lowest BCUT2D eigenvalue weighted by Gasteiger charge is -2.26. The zero-order chi connectivity index (χ0) is 9.42. The van der Waals surface area contributed by atoms with Crippen LogP contribution >= 0.6 is 0 Å². The summed E-state index contributed by atoms with van der Waals surface area (Å²) in [4.78, 5) is 4.15. The van der Waals surface area contributed by atoms with E-state index in [0.29, 0.717) is 11.7 Å². The molecule has 1 aromatic heterocycles. The van der Waals surface area contributed by atoms with Gasteiger partial charge in [0.2, 0.25) is 0 Å². The fraction of sp³-hybridized carbons (Fsp3) is 0.545. The highest BCUT2D eigenvalue weighted by Gasteiger charge is 2.21. The van der Waals surface area contributed by atoms with Gasteiger partial charge in [0.1, 0.15) is 5.82 Å². The SMILES string of the molecule is CC1Cc2cc(N)ncc2C(C)C1. The normalized spacial score (nSPS) is 26.9. The first-order valence-electron chi connectivity index (χ1n) is 4.91. The van der Waals surface area contributed by atoms with E-state index in [0.717, 1.165) is 12.3 Å². The number of pyridine rings is 1. The highest BCUT2D eigenvalue weighted by atomic mass is 14.8. The summed E-state index contributed by atoms with van der Waals surface area (Å²) in [5, 5.41) is 0. The van der Waals surface area contributed by atoms with E-state index in [9.17, 15) is 0 Å². The fourth-order valence-corrected chi connectivity index (χ4v) is 2.34. The molecule has 2 rings (SSSR count). The van der Waals surface area contributed by atoms with Crippen molar-refractivity contribution in [2.45, 2.75) is 32.6 Å². The molecule has 0 bridgehead atoms. The molecule has 0 radical (unpaired) electrons. The van der Waals surface area contributed by atoms with Gasteiger partial charge >= 0.3 is 0 Å². The van der Waals surface area contributed by atoms with Crippen molar-refractivity contribution in [2.24, 2.45) is 5.92 Å². The average Bonchev–Trinajstić information content (AvgIpc) is 2.02. The molecule has 13 heavy (non-hydrogen) atoms. The molecule has 0 saturated carbocycles. The number of aromatic nitrogens is 1. The molecule has 0 aromatic carbocycles. The Morgan fingerprint density at radius 3 is 3.00 bits per heavy atom. The van der Waals surface area contributed by atoms with Gasteiger partial charge in [-0.25, -0.2) is 4.98 Å². The van der Waals surface area contributed by atoms with Gasteiger partial charge < -0.3 is 5.73 Å². The third-order valence-electron chi connectivity index (χ3n) is 2.90. The predicted molar refractivity (Wildman–Crippen MR) is 54.5 cm³/mol. The monoisotopic (exact) mass is 176 g/mol. The second kappa shape index (κ2) is 3.02. The Labute approximate surface area is 79.2 Å². The van der Waals surface area contributed by atoms with Crippen LogP contribution in [0.1, 0.15) is 37.3 Å². The largest absolute Gasteiger partial charge is 0.384 e. The van der Waals surface area contributed by atoms with Gasteiger partial charge in [0, 0.05) is 6.20 Å².